The molecule has 2 N–H and O–H groups in total. The Morgan fingerprint density at radius 1 is 1.62 bits per heavy atom. The van der Waals surface area contributed by atoms with Gasteiger partial charge in [-0.05, 0) is 26.2 Å². The molecule has 3 heterocycles. The van der Waals surface area contributed by atoms with Crippen LogP contribution in [-0.2, 0) is 4.74 Å². The van der Waals surface area contributed by atoms with Gasteiger partial charge in [0.2, 0.25) is 5.82 Å². The largest absolute Gasteiger partial charge is 0.450 e. The summed E-state index contributed by atoms with van der Waals surface area (Å²) < 4.78 is 6.09. The molecule has 0 radical (unpaired) electrons. The first-order chi connectivity index (χ1) is 11.5. The van der Waals surface area contributed by atoms with Crippen molar-refractivity contribution in [1.82, 2.24) is 20.2 Å². The number of nitrogens with one attached hydrogen (secondary N) is 2. The number of fused-ring (bicyclic) bond motifs is 1. The van der Waals surface area contributed by atoms with Crippen LogP contribution in [0.1, 0.15) is 32.4 Å². The summed E-state index contributed by atoms with van der Waals surface area (Å²) in [5.74, 6) is -0.0745. The van der Waals surface area contributed by atoms with E-state index < -0.39 is 17.2 Å². The second kappa shape index (κ2) is 6.65. The predicted octanol–water partition coefficient (Wildman–Crippen LogP) is 2.31. The van der Waals surface area contributed by atoms with E-state index in [1.807, 2.05) is 5.01 Å². The van der Waals surface area contributed by atoms with Crippen molar-refractivity contribution in [1.29, 1.82) is 0 Å². The van der Waals surface area contributed by atoms with Crippen LogP contribution in [0, 0.1) is 10.1 Å². The molecule has 1 aromatic heterocycles. The second-order valence-corrected chi connectivity index (χ2v) is 5.77. The lowest BCUT2D eigenvalue weighted by molar-refractivity contribution is -0.384. The third-order valence-electron chi connectivity index (χ3n) is 3.88. The molecule has 11 heteroatoms. The maximum Gasteiger partial charge on any atom is 0.412 e. The minimum absolute atomic E-state index is 0.0745. The fourth-order valence-corrected chi connectivity index (χ4v) is 3.15. The summed E-state index contributed by atoms with van der Waals surface area (Å²) in [7, 11) is 0. The topological polar surface area (TPSA) is 115 Å². The van der Waals surface area contributed by atoms with Gasteiger partial charge in [-0.15, -0.1) is 0 Å². The molecule has 0 saturated carbocycles. The first-order valence-corrected chi connectivity index (χ1v) is 7.98. The van der Waals surface area contributed by atoms with E-state index >= 15 is 0 Å². The van der Waals surface area contributed by atoms with Crippen LogP contribution in [-0.4, -0.2) is 39.0 Å². The summed E-state index contributed by atoms with van der Waals surface area (Å²) in [5.41, 5.74) is 3.79. The number of hydrogen-bond acceptors (Lipinski definition) is 7. The molecule has 1 amide bonds. The molecule has 0 spiro atoms. The number of nitro groups is 1. The van der Waals surface area contributed by atoms with Gasteiger partial charge in [-0.3, -0.25) is 15.4 Å². The fourth-order valence-electron chi connectivity index (χ4n) is 2.81. The van der Waals surface area contributed by atoms with Gasteiger partial charge in [0.15, 0.2) is 6.17 Å². The Balaban J connectivity index is 1.95. The van der Waals surface area contributed by atoms with Gasteiger partial charge in [0.05, 0.1) is 16.6 Å². The summed E-state index contributed by atoms with van der Waals surface area (Å²) in [4.78, 5) is 22.3. The Labute approximate surface area is 142 Å². The lowest BCUT2D eigenvalue weighted by Gasteiger charge is -2.27. The number of allylic oxidation sites excluding steroid dienone is 1. The molecule has 0 bridgehead atoms. The SMILES string of the molecule is CCOC(=O)Nc1c([N+](=O)[O-])cnn1C1NN2CCCCC2=C1Cl. The molecule has 0 aromatic carbocycles. The van der Waals surface area contributed by atoms with Gasteiger partial charge in [-0.25, -0.2) is 14.9 Å². The Morgan fingerprint density at radius 2 is 2.42 bits per heavy atom. The monoisotopic (exact) mass is 356 g/mol. The summed E-state index contributed by atoms with van der Waals surface area (Å²) in [6, 6.07) is 0. The van der Waals surface area contributed by atoms with Crippen molar-refractivity contribution in [2.45, 2.75) is 32.4 Å². The highest BCUT2D eigenvalue weighted by molar-refractivity contribution is 6.30. The maximum atomic E-state index is 11.7. The average molecular weight is 357 g/mol. The molecule has 1 saturated heterocycles. The number of rotatable bonds is 4. The summed E-state index contributed by atoms with van der Waals surface area (Å²) in [5, 5.41) is 20.1. The molecule has 0 aliphatic carbocycles. The average Bonchev–Trinajstić information content (AvgIpc) is 3.09. The van der Waals surface area contributed by atoms with Gasteiger partial charge in [-0.1, -0.05) is 11.6 Å². The number of piperidine rings is 1. The normalized spacial score (nSPS) is 20.1. The number of carbonyl (C=O) groups is 1. The lowest BCUT2D eigenvalue weighted by atomic mass is 10.1. The number of carbonyl (C=O) groups excluding carboxylic acids is 1. The van der Waals surface area contributed by atoms with Gasteiger partial charge in [0.25, 0.3) is 0 Å². The molecule has 2 aliphatic heterocycles. The number of hydrogen-bond donors (Lipinski definition) is 2. The summed E-state index contributed by atoms with van der Waals surface area (Å²) >= 11 is 6.45. The number of anilines is 1. The van der Waals surface area contributed by atoms with E-state index in [0.29, 0.717) is 5.03 Å². The van der Waals surface area contributed by atoms with Crippen LogP contribution in [0.15, 0.2) is 16.9 Å². The molecule has 2 aliphatic rings. The molecule has 1 aromatic rings. The molecule has 3 rings (SSSR count). The van der Waals surface area contributed by atoms with E-state index in [2.05, 4.69) is 15.8 Å². The Hall–Kier alpha value is -2.33. The number of ether oxygens (including phenoxy) is 1. The Bertz CT molecular complexity index is 703. The van der Waals surface area contributed by atoms with E-state index in [0.717, 1.165) is 37.7 Å². The van der Waals surface area contributed by atoms with Crippen LogP contribution in [0.2, 0.25) is 0 Å². The van der Waals surface area contributed by atoms with E-state index in [1.165, 1.54) is 4.68 Å². The van der Waals surface area contributed by atoms with Crippen molar-refractivity contribution in [3.8, 4) is 0 Å². The van der Waals surface area contributed by atoms with Gasteiger partial charge < -0.3 is 9.75 Å². The molecule has 1 atom stereocenters. The summed E-state index contributed by atoms with van der Waals surface area (Å²) in [6.07, 6.45) is 2.57. The van der Waals surface area contributed by atoms with E-state index in [4.69, 9.17) is 16.3 Å². The minimum Gasteiger partial charge on any atom is -0.450 e. The fraction of sp³-hybridized carbons (Fsp3) is 0.538. The predicted molar refractivity (Wildman–Crippen MR) is 85.1 cm³/mol. The van der Waals surface area contributed by atoms with E-state index in [1.54, 1.807) is 6.92 Å². The lowest BCUT2D eigenvalue weighted by Crippen LogP contribution is -2.38. The molecule has 24 heavy (non-hydrogen) atoms. The summed E-state index contributed by atoms with van der Waals surface area (Å²) in [6.45, 7) is 2.59. The van der Waals surface area contributed by atoms with E-state index in [-0.39, 0.29) is 18.1 Å². The van der Waals surface area contributed by atoms with Crippen LogP contribution in [0.5, 0.6) is 0 Å². The van der Waals surface area contributed by atoms with Crippen LogP contribution in [0.4, 0.5) is 16.3 Å². The van der Waals surface area contributed by atoms with Crippen molar-refractivity contribution in [3.63, 3.8) is 0 Å². The van der Waals surface area contributed by atoms with Crippen LogP contribution in [0.3, 0.4) is 0 Å². The zero-order valence-electron chi connectivity index (χ0n) is 13.0. The molecule has 1 unspecified atom stereocenters. The molecule has 10 nitrogen and oxygen atoms in total. The molecule has 130 valence electrons. The van der Waals surface area contributed by atoms with Gasteiger partial charge in [0, 0.05) is 12.2 Å². The minimum atomic E-state index is -0.790. The third-order valence-corrected chi connectivity index (χ3v) is 4.30. The highest BCUT2D eigenvalue weighted by atomic mass is 35.5. The van der Waals surface area contributed by atoms with E-state index in [9.17, 15) is 14.9 Å². The van der Waals surface area contributed by atoms with Crippen molar-refractivity contribution in [2.24, 2.45) is 0 Å². The number of halogens is 1. The van der Waals surface area contributed by atoms with Gasteiger partial charge in [0.1, 0.15) is 6.20 Å². The zero-order chi connectivity index (χ0) is 17.3. The Morgan fingerprint density at radius 3 is 3.08 bits per heavy atom. The van der Waals surface area contributed by atoms with Crippen molar-refractivity contribution >= 4 is 29.2 Å². The van der Waals surface area contributed by atoms with Crippen molar-refractivity contribution < 1.29 is 14.5 Å². The first kappa shape index (κ1) is 16.5. The van der Waals surface area contributed by atoms with Crippen molar-refractivity contribution in [3.05, 3.63) is 27.0 Å². The number of amides is 1. The van der Waals surface area contributed by atoms with Crippen molar-refractivity contribution in [2.75, 3.05) is 18.5 Å². The quantitative estimate of drug-likeness (QED) is 0.628. The number of aromatic nitrogens is 2. The highest BCUT2D eigenvalue weighted by Gasteiger charge is 2.36. The second-order valence-electron chi connectivity index (χ2n) is 5.36. The van der Waals surface area contributed by atoms with Gasteiger partial charge in [-0.2, -0.15) is 5.10 Å². The molecular weight excluding hydrogens is 340 g/mol. The standard InChI is InChI=1S/C13H17ClN6O4/c1-2-24-13(21)16-11-9(20(22)23)7-15-19(11)12-10(14)8-5-3-4-6-18(8)17-12/h7,12,17H,2-6H2,1H3,(H,16,21). The third kappa shape index (κ3) is 2.89. The Kier molecular flexibility index (Phi) is 4.58. The molecular formula is C13H17ClN6O4. The van der Waals surface area contributed by atoms with Crippen LogP contribution >= 0.6 is 11.6 Å². The highest BCUT2D eigenvalue weighted by Crippen LogP contribution is 2.38. The molecule has 1 fully saturated rings. The number of nitrogens with zero attached hydrogens (tertiary/aromatic N) is 4. The first-order valence-electron chi connectivity index (χ1n) is 7.60. The maximum absolute atomic E-state index is 11.7. The zero-order valence-corrected chi connectivity index (χ0v) is 13.7. The number of hydrazine groups is 1. The smallest absolute Gasteiger partial charge is 0.412 e. The van der Waals surface area contributed by atoms with Gasteiger partial charge >= 0.3 is 11.8 Å². The van der Waals surface area contributed by atoms with Crippen LogP contribution < -0.4 is 10.7 Å². The van der Waals surface area contributed by atoms with Crippen LogP contribution in [0.25, 0.3) is 0 Å².